The molecule has 0 fully saturated rings. The first kappa shape index (κ1) is 25.5. The molecule has 3 rings (SSSR count). The quantitative estimate of drug-likeness (QED) is 0.301. The van der Waals surface area contributed by atoms with Crippen LogP contribution in [0.3, 0.4) is 0 Å². The predicted molar refractivity (Wildman–Crippen MR) is 124 cm³/mol. The Morgan fingerprint density at radius 2 is 1.94 bits per heavy atom. The summed E-state index contributed by atoms with van der Waals surface area (Å²) in [5.41, 5.74) is 3.00. The van der Waals surface area contributed by atoms with E-state index in [2.05, 4.69) is 20.8 Å². The van der Waals surface area contributed by atoms with Crippen LogP contribution in [-0.2, 0) is 13.0 Å². The Bertz CT molecular complexity index is 1180. The highest BCUT2D eigenvalue weighted by Gasteiger charge is 2.35. The number of halogens is 4. The number of nitriles is 1. The van der Waals surface area contributed by atoms with Crippen molar-refractivity contribution in [3.63, 3.8) is 0 Å². The molecule has 1 unspecified atom stereocenters. The van der Waals surface area contributed by atoms with E-state index in [0.29, 0.717) is 33.2 Å². The van der Waals surface area contributed by atoms with Gasteiger partial charge >= 0.3 is 6.18 Å². The van der Waals surface area contributed by atoms with Crippen molar-refractivity contribution in [2.75, 3.05) is 4.90 Å². The van der Waals surface area contributed by atoms with E-state index in [1.807, 2.05) is 30.0 Å². The maximum atomic E-state index is 14.3. The minimum absolute atomic E-state index is 0.0148. The Hall–Kier alpha value is -3.16. The van der Waals surface area contributed by atoms with Crippen molar-refractivity contribution in [2.45, 2.75) is 50.9 Å². The van der Waals surface area contributed by atoms with Gasteiger partial charge in [0.1, 0.15) is 17.7 Å². The molecule has 0 radical (unpaired) electrons. The Balaban J connectivity index is 1.91. The van der Waals surface area contributed by atoms with Crippen molar-refractivity contribution in [1.29, 1.82) is 5.26 Å². The molecule has 0 aliphatic carbocycles. The summed E-state index contributed by atoms with van der Waals surface area (Å²) in [6.07, 6.45) is -2.83. The lowest BCUT2D eigenvalue weighted by atomic mass is 10.0. The summed E-state index contributed by atoms with van der Waals surface area (Å²) < 4.78 is 54.7. The van der Waals surface area contributed by atoms with Crippen molar-refractivity contribution < 1.29 is 17.6 Å². The topological polar surface area (TPSA) is 64.8 Å². The van der Waals surface area contributed by atoms with E-state index in [1.54, 1.807) is 25.1 Å². The SMILES string of the molecule is Cc1cccc(N(Cc2ccc(SNC(C)C(F)(F)F)cn2)c2cc(C)c(F)cc2CC#N)n1. The standard InChI is InChI=1S/C24H23F4N5S/c1-15-11-22(18(9-10-29)12-21(15)25)33(23-6-4-5-16(2)31-23)14-19-7-8-20(13-30-19)34-32-17(3)24(26,27)28/h4-8,11-13,17,32H,9,14H2,1-3H3. The van der Waals surface area contributed by atoms with Crippen molar-refractivity contribution in [3.8, 4) is 6.07 Å². The van der Waals surface area contributed by atoms with Crippen LogP contribution >= 0.6 is 11.9 Å². The van der Waals surface area contributed by atoms with Crippen molar-refractivity contribution in [2.24, 2.45) is 0 Å². The minimum Gasteiger partial charge on any atom is -0.320 e. The van der Waals surface area contributed by atoms with Crippen LogP contribution in [-0.4, -0.2) is 22.2 Å². The average Bonchev–Trinajstić information content (AvgIpc) is 2.78. The van der Waals surface area contributed by atoms with Gasteiger partial charge in [0.2, 0.25) is 0 Å². The second-order valence-electron chi connectivity index (χ2n) is 7.76. The molecule has 178 valence electrons. The van der Waals surface area contributed by atoms with Gasteiger partial charge in [0.15, 0.2) is 0 Å². The zero-order chi connectivity index (χ0) is 24.9. The summed E-state index contributed by atoms with van der Waals surface area (Å²) in [7, 11) is 0. The smallest absolute Gasteiger partial charge is 0.320 e. The molecule has 1 atom stereocenters. The normalized spacial score (nSPS) is 12.3. The third-order valence-electron chi connectivity index (χ3n) is 5.03. The molecule has 0 bridgehead atoms. The number of hydrogen-bond donors (Lipinski definition) is 1. The molecular formula is C24H23F4N5S. The van der Waals surface area contributed by atoms with Gasteiger partial charge in [-0.25, -0.2) is 14.1 Å². The van der Waals surface area contributed by atoms with Gasteiger partial charge in [-0.3, -0.25) is 4.98 Å². The van der Waals surface area contributed by atoms with E-state index < -0.39 is 18.0 Å². The molecule has 10 heteroatoms. The molecule has 2 aromatic heterocycles. The number of alkyl halides is 3. The van der Waals surface area contributed by atoms with Crippen molar-refractivity contribution in [1.82, 2.24) is 14.7 Å². The van der Waals surface area contributed by atoms with Crippen LogP contribution in [0.4, 0.5) is 29.1 Å². The van der Waals surface area contributed by atoms with Gasteiger partial charge < -0.3 is 4.90 Å². The van der Waals surface area contributed by atoms with Crippen LogP contribution in [0.5, 0.6) is 0 Å². The van der Waals surface area contributed by atoms with Crippen LogP contribution in [0, 0.1) is 31.0 Å². The van der Waals surface area contributed by atoms with Crippen LogP contribution in [0.1, 0.15) is 29.4 Å². The van der Waals surface area contributed by atoms with E-state index in [-0.39, 0.29) is 13.0 Å². The number of hydrogen-bond acceptors (Lipinski definition) is 6. The maximum Gasteiger partial charge on any atom is 0.404 e. The van der Waals surface area contributed by atoms with Gasteiger partial charge in [0.25, 0.3) is 0 Å². The highest BCUT2D eigenvalue weighted by Crippen LogP contribution is 2.32. The molecule has 3 aromatic rings. The lowest BCUT2D eigenvalue weighted by molar-refractivity contribution is -0.146. The monoisotopic (exact) mass is 489 g/mol. The van der Waals surface area contributed by atoms with Gasteiger partial charge in [0.05, 0.1) is 24.7 Å². The third-order valence-corrected chi connectivity index (χ3v) is 5.98. The molecule has 0 saturated heterocycles. The van der Waals surface area contributed by atoms with Crippen LogP contribution < -0.4 is 9.62 Å². The third kappa shape index (κ3) is 6.46. The summed E-state index contributed by atoms with van der Waals surface area (Å²) in [5, 5.41) is 9.26. The van der Waals surface area contributed by atoms with Crippen molar-refractivity contribution in [3.05, 3.63) is 77.0 Å². The largest absolute Gasteiger partial charge is 0.404 e. The number of aryl methyl sites for hydroxylation is 2. The van der Waals surface area contributed by atoms with E-state index in [4.69, 9.17) is 0 Å². The summed E-state index contributed by atoms with van der Waals surface area (Å²) >= 11 is 0.854. The fraction of sp³-hybridized carbons (Fsp3) is 0.292. The Labute approximate surface area is 200 Å². The van der Waals surface area contributed by atoms with Gasteiger partial charge in [-0.1, -0.05) is 6.07 Å². The molecular weight excluding hydrogens is 466 g/mol. The van der Waals surface area contributed by atoms with Crippen LogP contribution in [0.2, 0.25) is 0 Å². The number of nitrogens with one attached hydrogen (secondary N) is 1. The summed E-state index contributed by atoms with van der Waals surface area (Å²) in [6, 6.07) is 12.4. The zero-order valence-corrected chi connectivity index (χ0v) is 19.6. The number of pyridine rings is 2. The highest BCUT2D eigenvalue weighted by atomic mass is 32.2. The molecule has 5 nitrogen and oxygen atoms in total. The fourth-order valence-electron chi connectivity index (χ4n) is 3.10. The first-order valence-corrected chi connectivity index (χ1v) is 11.2. The first-order chi connectivity index (χ1) is 16.1. The Morgan fingerprint density at radius 3 is 2.56 bits per heavy atom. The molecule has 1 N–H and O–H groups in total. The van der Waals surface area contributed by atoms with Crippen molar-refractivity contribution >= 4 is 23.5 Å². The second kappa shape index (κ2) is 10.8. The Morgan fingerprint density at radius 1 is 1.18 bits per heavy atom. The molecule has 0 aliphatic heterocycles. The molecule has 1 aromatic carbocycles. The van der Waals surface area contributed by atoms with Gasteiger partial charge in [-0.05, 0) is 80.2 Å². The van der Waals surface area contributed by atoms with E-state index in [0.717, 1.165) is 24.6 Å². The molecule has 0 amide bonds. The number of aromatic nitrogens is 2. The number of nitrogens with zero attached hydrogens (tertiary/aromatic N) is 4. The van der Waals surface area contributed by atoms with E-state index in [1.165, 1.54) is 12.3 Å². The van der Waals surface area contributed by atoms with E-state index >= 15 is 0 Å². The summed E-state index contributed by atoms with van der Waals surface area (Å²) in [5.74, 6) is 0.206. The van der Waals surface area contributed by atoms with Gasteiger partial charge in [0, 0.05) is 22.5 Å². The fourth-order valence-corrected chi connectivity index (χ4v) is 3.79. The lowest BCUT2D eigenvalue weighted by Gasteiger charge is -2.26. The lowest BCUT2D eigenvalue weighted by Crippen LogP contribution is -2.35. The number of anilines is 2. The van der Waals surface area contributed by atoms with Gasteiger partial charge in [-0.15, -0.1) is 0 Å². The summed E-state index contributed by atoms with van der Waals surface area (Å²) in [4.78, 5) is 11.4. The maximum absolute atomic E-state index is 14.3. The molecule has 34 heavy (non-hydrogen) atoms. The molecule has 0 saturated carbocycles. The molecule has 0 aliphatic rings. The van der Waals surface area contributed by atoms with Gasteiger partial charge in [-0.2, -0.15) is 18.4 Å². The van der Waals surface area contributed by atoms with Crippen LogP contribution in [0.15, 0.2) is 53.6 Å². The minimum atomic E-state index is -4.34. The number of benzene rings is 1. The Kier molecular flexibility index (Phi) is 8.12. The molecule has 2 heterocycles. The average molecular weight is 490 g/mol. The summed E-state index contributed by atoms with van der Waals surface area (Å²) in [6.45, 7) is 4.81. The van der Waals surface area contributed by atoms with Crippen LogP contribution in [0.25, 0.3) is 0 Å². The molecule has 0 spiro atoms. The first-order valence-electron chi connectivity index (χ1n) is 10.4. The second-order valence-corrected chi connectivity index (χ2v) is 8.67. The number of rotatable bonds is 8. The van der Waals surface area contributed by atoms with E-state index in [9.17, 15) is 22.8 Å². The zero-order valence-electron chi connectivity index (χ0n) is 18.8. The highest BCUT2D eigenvalue weighted by molar-refractivity contribution is 7.97. The predicted octanol–water partition coefficient (Wildman–Crippen LogP) is 6.18.